The van der Waals surface area contributed by atoms with Crippen molar-refractivity contribution >= 4 is 35.3 Å². The summed E-state index contributed by atoms with van der Waals surface area (Å²) in [6.45, 7) is 7.10. The Morgan fingerprint density at radius 3 is 2.00 bits per heavy atom. The van der Waals surface area contributed by atoms with Crippen LogP contribution in [0.15, 0.2) is 18.6 Å². The van der Waals surface area contributed by atoms with Crippen LogP contribution in [0.3, 0.4) is 0 Å². The molecule has 5 atom stereocenters. The minimum Gasteiger partial charge on any atom is -0.344 e. The summed E-state index contributed by atoms with van der Waals surface area (Å²) in [5.41, 5.74) is 0.0125. The summed E-state index contributed by atoms with van der Waals surface area (Å²) < 4.78 is 37.8. The van der Waals surface area contributed by atoms with Gasteiger partial charge < -0.3 is 26.6 Å². The van der Waals surface area contributed by atoms with Gasteiger partial charge in [-0.25, -0.2) is 4.98 Å². The van der Waals surface area contributed by atoms with Crippen LogP contribution >= 0.6 is 0 Å². The molecule has 0 spiro atoms. The minimum atomic E-state index is -4.73. The van der Waals surface area contributed by atoms with Gasteiger partial charge in [-0.05, 0) is 37.0 Å². The molecule has 2 rings (SSSR count). The van der Waals surface area contributed by atoms with Crippen LogP contribution in [0.2, 0.25) is 0 Å². The smallest absolute Gasteiger partial charge is 0.344 e. The molecule has 1 aromatic heterocycles. The first-order chi connectivity index (χ1) is 23.1. The molecule has 1 aliphatic carbocycles. The number of rotatable bonds is 18. The lowest BCUT2D eigenvalue weighted by molar-refractivity contribution is -0.147. The normalized spacial score (nSPS) is 16.8. The van der Waals surface area contributed by atoms with Crippen molar-refractivity contribution in [1.82, 2.24) is 36.6 Å². The maximum Gasteiger partial charge on any atom is 0.405 e. The molecule has 0 bridgehead atoms. The highest BCUT2D eigenvalue weighted by molar-refractivity contribution is 6.38. The molecule has 49 heavy (non-hydrogen) atoms. The molecule has 0 aromatic carbocycles. The van der Waals surface area contributed by atoms with Crippen molar-refractivity contribution in [2.45, 2.75) is 123 Å². The molecule has 0 radical (unpaired) electrons. The quantitative estimate of drug-likeness (QED) is 0.145. The molecule has 274 valence electrons. The Bertz CT molecular complexity index is 1270. The molecule has 1 aromatic rings. The number of halogens is 3. The summed E-state index contributed by atoms with van der Waals surface area (Å²) in [5.74, 6) is -5.74. The number of Topliss-reactive ketones (excluding diaryl/α,β-unsaturated/α-hetero) is 1. The molecular formula is C33H50F3N7O6. The molecule has 0 unspecified atom stereocenters. The van der Waals surface area contributed by atoms with E-state index in [1.165, 1.54) is 30.8 Å². The second-order valence-electron chi connectivity index (χ2n) is 13.1. The van der Waals surface area contributed by atoms with Gasteiger partial charge in [0, 0.05) is 12.4 Å². The van der Waals surface area contributed by atoms with Crippen molar-refractivity contribution in [2.24, 2.45) is 17.8 Å². The fraction of sp³-hybridized carbons (Fsp3) is 0.697. The Morgan fingerprint density at radius 2 is 1.45 bits per heavy atom. The number of nitrogens with one attached hydrogen (secondary N) is 5. The van der Waals surface area contributed by atoms with E-state index in [4.69, 9.17) is 0 Å². The van der Waals surface area contributed by atoms with Gasteiger partial charge in [-0.15, -0.1) is 0 Å². The van der Waals surface area contributed by atoms with Crippen LogP contribution in [0.5, 0.6) is 0 Å². The first-order valence-corrected chi connectivity index (χ1v) is 16.9. The molecule has 1 aliphatic rings. The van der Waals surface area contributed by atoms with Crippen molar-refractivity contribution in [3.63, 3.8) is 0 Å². The first kappa shape index (κ1) is 41.1. The number of carbonyl (C=O) groups is 6. The number of carbonyl (C=O) groups excluding carboxylic acids is 6. The third kappa shape index (κ3) is 14.1. The van der Waals surface area contributed by atoms with Crippen LogP contribution in [0, 0.1) is 17.8 Å². The Labute approximate surface area is 285 Å². The highest BCUT2D eigenvalue weighted by Gasteiger charge is 2.36. The number of hydrogen-bond acceptors (Lipinski definition) is 8. The number of alkyl halides is 3. The first-order valence-electron chi connectivity index (χ1n) is 16.9. The lowest BCUT2D eigenvalue weighted by Crippen LogP contribution is -2.60. The largest absolute Gasteiger partial charge is 0.405 e. The predicted octanol–water partition coefficient (Wildman–Crippen LogP) is 2.75. The Morgan fingerprint density at radius 1 is 0.816 bits per heavy atom. The van der Waals surface area contributed by atoms with Gasteiger partial charge in [0.2, 0.25) is 23.5 Å². The summed E-state index contributed by atoms with van der Waals surface area (Å²) in [5, 5.41) is 12.1. The number of nitrogens with zero attached hydrogens (tertiary/aromatic N) is 2. The summed E-state index contributed by atoms with van der Waals surface area (Å²) in [6, 6.07) is -4.72. The fourth-order valence-corrected chi connectivity index (χ4v) is 5.61. The zero-order valence-corrected chi connectivity index (χ0v) is 28.8. The van der Waals surface area contributed by atoms with Crippen LogP contribution in [-0.2, 0) is 24.0 Å². The van der Waals surface area contributed by atoms with E-state index in [-0.39, 0.29) is 36.8 Å². The minimum absolute atomic E-state index is 0.0119. The van der Waals surface area contributed by atoms with E-state index in [1.54, 1.807) is 6.92 Å². The molecule has 16 heteroatoms. The zero-order valence-electron chi connectivity index (χ0n) is 28.8. The van der Waals surface area contributed by atoms with Crippen LogP contribution < -0.4 is 26.6 Å². The van der Waals surface area contributed by atoms with Crippen molar-refractivity contribution in [3.8, 4) is 0 Å². The maximum absolute atomic E-state index is 13.9. The Hall–Kier alpha value is -4.11. The third-order valence-electron chi connectivity index (χ3n) is 8.56. The Balaban J connectivity index is 2.27. The van der Waals surface area contributed by atoms with Crippen molar-refractivity contribution in [1.29, 1.82) is 0 Å². The standard InChI is InChI=1S/C33H50F3N7O6/c1-6-20(5)26(43-29(46)23(15-19(3)4)41-30(47)25-17-37-13-14-38-25)31(48)42-24(16-21-11-9-8-10-12-21)28(45)40-22(7-2)27(44)32(49)39-18-33(34,35)36/h13-14,17,19-24,26H,6-12,15-16,18H2,1-5H3,(H,39,49)(H,40,45)(H,41,47)(H,42,48)(H,43,46)/t20-,22-,23-,24-,26-/m0/s1. The van der Waals surface area contributed by atoms with Gasteiger partial charge in [0.25, 0.3) is 11.8 Å². The number of ketones is 1. The molecule has 5 amide bonds. The molecular weight excluding hydrogens is 647 g/mol. The second kappa shape index (κ2) is 19.8. The van der Waals surface area contributed by atoms with Gasteiger partial charge in [0.05, 0.1) is 12.2 Å². The monoisotopic (exact) mass is 697 g/mol. The van der Waals surface area contributed by atoms with Gasteiger partial charge >= 0.3 is 6.18 Å². The molecule has 5 N–H and O–H groups in total. The van der Waals surface area contributed by atoms with E-state index in [0.717, 1.165) is 32.1 Å². The Kier molecular flexibility index (Phi) is 16.6. The average Bonchev–Trinajstić information content (AvgIpc) is 3.07. The molecule has 1 fully saturated rings. The molecule has 1 saturated carbocycles. The molecule has 0 saturated heterocycles. The lowest BCUT2D eigenvalue weighted by Gasteiger charge is -2.31. The van der Waals surface area contributed by atoms with Crippen molar-refractivity contribution in [3.05, 3.63) is 24.3 Å². The summed E-state index contributed by atoms with van der Waals surface area (Å²) in [7, 11) is 0. The van der Waals surface area contributed by atoms with Gasteiger partial charge in [-0.1, -0.05) is 73.1 Å². The van der Waals surface area contributed by atoms with E-state index < -0.39 is 78.1 Å². The van der Waals surface area contributed by atoms with Gasteiger partial charge in [0.15, 0.2) is 0 Å². The SMILES string of the molecule is CC[C@H](NC(=O)[C@H](CC1CCCCC1)NC(=O)[C@@H](NC(=O)[C@H](CC(C)C)NC(=O)c1cnccn1)[C@@H](C)CC)C(=O)C(=O)NCC(F)(F)F. The van der Waals surface area contributed by atoms with Crippen LogP contribution in [-0.4, -0.2) is 82.2 Å². The number of aromatic nitrogens is 2. The second-order valence-corrected chi connectivity index (χ2v) is 13.1. The topological polar surface area (TPSA) is 188 Å². The zero-order chi connectivity index (χ0) is 36.7. The van der Waals surface area contributed by atoms with Crippen molar-refractivity contribution in [2.75, 3.05) is 6.54 Å². The van der Waals surface area contributed by atoms with Gasteiger partial charge in [-0.3, -0.25) is 33.8 Å². The van der Waals surface area contributed by atoms with E-state index >= 15 is 0 Å². The van der Waals surface area contributed by atoms with Crippen molar-refractivity contribution < 1.29 is 41.9 Å². The lowest BCUT2D eigenvalue weighted by atomic mass is 9.84. The predicted molar refractivity (Wildman–Crippen MR) is 174 cm³/mol. The highest BCUT2D eigenvalue weighted by Crippen LogP contribution is 2.27. The molecule has 13 nitrogen and oxygen atoms in total. The van der Waals surface area contributed by atoms with Crippen LogP contribution in [0.4, 0.5) is 13.2 Å². The highest BCUT2D eigenvalue weighted by atomic mass is 19.4. The number of amides is 5. The van der Waals surface area contributed by atoms with Crippen LogP contribution in [0.25, 0.3) is 0 Å². The van der Waals surface area contributed by atoms with E-state index in [2.05, 4.69) is 31.2 Å². The summed E-state index contributed by atoms with van der Waals surface area (Å²) >= 11 is 0. The number of hydrogen-bond donors (Lipinski definition) is 5. The van der Waals surface area contributed by atoms with Gasteiger partial charge in [0.1, 0.15) is 30.4 Å². The van der Waals surface area contributed by atoms with E-state index in [9.17, 15) is 41.9 Å². The third-order valence-corrected chi connectivity index (χ3v) is 8.56. The van der Waals surface area contributed by atoms with Gasteiger partial charge in [-0.2, -0.15) is 13.2 Å². The maximum atomic E-state index is 13.9. The van der Waals surface area contributed by atoms with Crippen LogP contribution in [0.1, 0.15) is 103 Å². The molecule has 1 heterocycles. The fourth-order valence-electron chi connectivity index (χ4n) is 5.61. The molecule has 0 aliphatic heterocycles. The summed E-state index contributed by atoms with van der Waals surface area (Å²) in [4.78, 5) is 86.5. The van der Waals surface area contributed by atoms with E-state index in [1.807, 2.05) is 20.8 Å². The average molecular weight is 698 g/mol. The van der Waals surface area contributed by atoms with E-state index in [0.29, 0.717) is 6.42 Å². The summed E-state index contributed by atoms with van der Waals surface area (Å²) in [6.07, 6.45) is 4.66.